The van der Waals surface area contributed by atoms with Crippen molar-refractivity contribution in [2.45, 2.75) is 53.5 Å². The van der Waals surface area contributed by atoms with Crippen LogP contribution in [0.25, 0.3) is 0 Å². The topological polar surface area (TPSA) is 32.3 Å². The average Bonchev–Trinajstić information content (AvgIpc) is 2.14. The summed E-state index contributed by atoms with van der Waals surface area (Å²) in [4.78, 5) is 13.9. The van der Waals surface area contributed by atoms with Crippen LogP contribution in [-0.2, 0) is 4.79 Å². The maximum atomic E-state index is 11.5. The van der Waals surface area contributed by atoms with Gasteiger partial charge in [-0.25, -0.2) is 0 Å². The molecular weight excluding hydrogens is 200 g/mol. The number of hydrogen-bond donors (Lipinski definition) is 1. The largest absolute Gasteiger partial charge is 0.356 e. The van der Waals surface area contributed by atoms with Crippen LogP contribution in [0.4, 0.5) is 0 Å². The number of hydrogen-bond acceptors (Lipinski definition) is 2. The predicted octanol–water partition coefficient (Wildman–Crippen LogP) is 2.27. The monoisotopic (exact) mass is 228 g/mol. The lowest BCUT2D eigenvalue weighted by atomic mass is 9.96. The second kappa shape index (κ2) is 6.89. The third kappa shape index (κ3) is 6.83. The Labute approximate surface area is 101 Å². The Bertz CT molecular complexity index is 206. The molecule has 0 aliphatic rings. The lowest BCUT2D eigenvalue weighted by molar-refractivity contribution is -0.128. The number of carbonyl (C=O) groups excluding carboxylic acids is 1. The van der Waals surface area contributed by atoms with Crippen LogP contribution < -0.4 is 5.32 Å². The molecule has 0 rings (SSSR count). The number of unbranched alkanes of at least 4 members (excludes halogenated alkanes) is 1. The summed E-state index contributed by atoms with van der Waals surface area (Å²) in [6, 6.07) is 0.601. The quantitative estimate of drug-likeness (QED) is 0.707. The van der Waals surface area contributed by atoms with E-state index in [1.807, 2.05) is 20.8 Å². The highest BCUT2D eigenvalue weighted by molar-refractivity contribution is 5.81. The minimum Gasteiger partial charge on any atom is -0.356 e. The zero-order valence-corrected chi connectivity index (χ0v) is 11.8. The molecule has 0 saturated carbocycles. The van der Waals surface area contributed by atoms with Gasteiger partial charge in [0.05, 0.1) is 0 Å². The van der Waals surface area contributed by atoms with Gasteiger partial charge in [-0.1, -0.05) is 20.8 Å². The third-order valence-corrected chi connectivity index (χ3v) is 2.79. The van der Waals surface area contributed by atoms with Gasteiger partial charge in [-0.2, -0.15) is 0 Å². The van der Waals surface area contributed by atoms with Gasteiger partial charge in [-0.15, -0.1) is 0 Å². The fourth-order valence-corrected chi connectivity index (χ4v) is 1.21. The Morgan fingerprint density at radius 1 is 1.25 bits per heavy atom. The molecule has 1 amide bonds. The van der Waals surface area contributed by atoms with E-state index < -0.39 is 0 Å². The minimum absolute atomic E-state index is 0.143. The van der Waals surface area contributed by atoms with Crippen molar-refractivity contribution in [3.8, 4) is 0 Å². The second-order valence-electron chi connectivity index (χ2n) is 5.79. The molecule has 16 heavy (non-hydrogen) atoms. The summed E-state index contributed by atoms with van der Waals surface area (Å²) in [5, 5.41) is 2.97. The number of nitrogens with zero attached hydrogens (tertiary/aromatic N) is 1. The Kier molecular flexibility index (Phi) is 6.65. The van der Waals surface area contributed by atoms with E-state index in [1.165, 1.54) is 0 Å². The Balaban J connectivity index is 3.52. The predicted molar refractivity (Wildman–Crippen MR) is 69.5 cm³/mol. The molecule has 0 atom stereocenters. The maximum absolute atomic E-state index is 11.5. The van der Waals surface area contributed by atoms with E-state index >= 15 is 0 Å². The molecule has 0 bridgehead atoms. The average molecular weight is 228 g/mol. The molecule has 0 aromatic heterocycles. The molecule has 0 saturated heterocycles. The molecule has 0 fully saturated rings. The molecule has 1 N–H and O–H groups in total. The SMILES string of the molecule is CC(C)N(C)CCCCNC(=O)C(C)(C)C. The number of rotatable bonds is 6. The summed E-state index contributed by atoms with van der Waals surface area (Å²) >= 11 is 0. The summed E-state index contributed by atoms with van der Waals surface area (Å²) in [5.41, 5.74) is -0.269. The van der Waals surface area contributed by atoms with Crippen molar-refractivity contribution in [3.05, 3.63) is 0 Å². The first kappa shape index (κ1) is 15.4. The Hall–Kier alpha value is -0.570. The summed E-state index contributed by atoms with van der Waals surface area (Å²) in [6.45, 7) is 12.1. The zero-order chi connectivity index (χ0) is 12.8. The van der Waals surface area contributed by atoms with E-state index in [1.54, 1.807) is 0 Å². The normalized spacial score (nSPS) is 12.2. The first-order valence-electron chi connectivity index (χ1n) is 6.23. The van der Waals surface area contributed by atoms with Crippen LogP contribution in [0.1, 0.15) is 47.5 Å². The minimum atomic E-state index is -0.269. The first-order chi connectivity index (χ1) is 7.25. The Morgan fingerprint density at radius 2 is 1.81 bits per heavy atom. The molecule has 3 heteroatoms. The summed E-state index contributed by atoms with van der Waals surface area (Å²) in [6.07, 6.45) is 2.19. The van der Waals surface area contributed by atoms with Crippen molar-refractivity contribution < 1.29 is 4.79 Å². The summed E-state index contributed by atoms with van der Waals surface area (Å²) in [7, 11) is 2.14. The number of amides is 1. The third-order valence-electron chi connectivity index (χ3n) is 2.79. The van der Waals surface area contributed by atoms with Crippen molar-refractivity contribution in [1.29, 1.82) is 0 Å². The highest BCUT2D eigenvalue weighted by Gasteiger charge is 2.20. The smallest absolute Gasteiger partial charge is 0.225 e. The Morgan fingerprint density at radius 3 is 2.25 bits per heavy atom. The van der Waals surface area contributed by atoms with Crippen molar-refractivity contribution in [3.63, 3.8) is 0 Å². The second-order valence-corrected chi connectivity index (χ2v) is 5.79. The molecule has 0 heterocycles. The van der Waals surface area contributed by atoms with Gasteiger partial charge in [0.2, 0.25) is 5.91 Å². The standard InChI is InChI=1S/C13H28N2O/c1-11(2)15(6)10-8-7-9-14-12(16)13(3,4)5/h11H,7-10H2,1-6H3,(H,14,16). The fourth-order valence-electron chi connectivity index (χ4n) is 1.21. The van der Waals surface area contributed by atoms with Crippen LogP contribution >= 0.6 is 0 Å². The molecule has 3 nitrogen and oxygen atoms in total. The molecule has 0 aliphatic heterocycles. The van der Waals surface area contributed by atoms with Gasteiger partial charge in [0, 0.05) is 18.0 Å². The van der Waals surface area contributed by atoms with Crippen molar-refractivity contribution in [2.24, 2.45) is 5.41 Å². The fraction of sp³-hybridized carbons (Fsp3) is 0.923. The molecular formula is C13H28N2O. The summed E-state index contributed by atoms with van der Waals surface area (Å²) in [5.74, 6) is 0.143. The van der Waals surface area contributed by atoms with Crippen LogP contribution in [0, 0.1) is 5.41 Å². The first-order valence-corrected chi connectivity index (χ1v) is 6.23. The van der Waals surface area contributed by atoms with Crippen LogP contribution in [0.15, 0.2) is 0 Å². The van der Waals surface area contributed by atoms with E-state index in [0.717, 1.165) is 25.9 Å². The molecule has 0 unspecified atom stereocenters. The van der Waals surface area contributed by atoms with Crippen LogP contribution in [-0.4, -0.2) is 37.0 Å². The molecule has 0 aromatic rings. The van der Waals surface area contributed by atoms with Gasteiger partial charge in [-0.3, -0.25) is 4.79 Å². The zero-order valence-electron chi connectivity index (χ0n) is 11.8. The molecule has 0 aromatic carbocycles. The molecule has 96 valence electrons. The van der Waals surface area contributed by atoms with Gasteiger partial charge in [0.25, 0.3) is 0 Å². The number of carbonyl (C=O) groups is 1. The maximum Gasteiger partial charge on any atom is 0.225 e. The van der Waals surface area contributed by atoms with E-state index in [2.05, 4.69) is 31.1 Å². The van der Waals surface area contributed by atoms with Gasteiger partial charge >= 0.3 is 0 Å². The van der Waals surface area contributed by atoms with E-state index in [9.17, 15) is 4.79 Å². The lowest BCUT2D eigenvalue weighted by Gasteiger charge is -2.21. The van der Waals surface area contributed by atoms with Crippen LogP contribution in [0.5, 0.6) is 0 Å². The van der Waals surface area contributed by atoms with Crippen LogP contribution in [0.3, 0.4) is 0 Å². The van der Waals surface area contributed by atoms with E-state index in [4.69, 9.17) is 0 Å². The molecule has 0 radical (unpaired) electrons. The number of nitrogens with one attached hydrogen (secondary N) is 1. The van der Waals surface area contributed by atoms with Gasteiger partial charge in [-0.05, 0) is 40.3 Å². The van der Waals surface area contributed by atoms with Crippen molar-refractivity contribution in [1.82, 2.24) is 10.2 Å². The van der Waals surface area contributed by atoms with Crippen molar-refractivity contribution in [2.75, 3.05) is 20.1 Å². The van der Waals surface area contributed by atoms with E-state index in [0.29, 0.717) is 6.04 Å². The van der Waals surface area contributed by atoms with E-state index in [-0.39, 0.29) is 11.3 Å². The molecule has 0 spiro atoms. The van der Waals surface area contributed by atoms with Gasteiger partial charge in [0.15, 0.2) is 0 Å². The highest BCUT2D eigenvalue weighted by atomic mass is 16.2. The molecule has 0 aliphatic carbocycles. The highest BCUT2D eigenvalue weighted by Crippen LogP contribution is 2.12. The van der Waals surface area contributed by atoms with Gasteiger partial charge < -0.3 is 10.2 Å². The van der Waals surface area contributed by atoms with Gasteiger partial charge in [0.1, 0.15) is 0 Å². The lowest BCUT2D eigenvalue weighted by Crippen LogP contribution is -2.35. The summed E-state index contributed by atoms with van der Waals surface area (Å²) < 4.78 is 0. The van der Waals surface area contributed by atoms with Crippen molar-refractivity contribution >= 4 is 5.91 Å². The van der Waals surface area contributed by atoms with Crippen LogP contribution in [0.2, 0.25) is 0 Å².